The number of carbonyl (C=O) groups is 1. The van der Waals surface area contributed by atoms with E-state index in [0.29, 0.717) is 30.8 Å². The molecule has 0 aliphatic carbocycles. The van der Waals surface area contributed by atoms with Crippen molar-refractivity contribution in [2.24, 2.45) is 5.92 Å². The second kappa shape index (κ2) is 8.63. The van der Waals surface area contributed by atoms with Gasteiger partial charge in [0.25, 0.3) is 0 Å². The van der Waals surface area contributed by atoms with E-state index in [1.807, 2.05) is 43.0 Å². The molecule has 2 aromatic rings. The van der Waals surface area contributed by atoms with Crippen LogP contribution in [0.2, 0.25) is 0 Å². The molecular formula is C24H30N2O4S. The van der Waals surface area contributed by atoms with E-state index in [0.717, 1.165) is 41.0 Å². The Kier molecular flexibility index (Phi) is 6.08. The second-order valence-electron chi connectivity index (χ2n) is 8.54. The monoisotopic (exact) mass is 442 g/mol. The number of amides is 1. The normalized spacial score (nSPS) is 19.7. The van der Waals surface area contributed by atoms with Gasteiger partial charge in [-0.2, -0.15) is 4.31 Å². The molecule has 0 N–H and O–H groups in total. The molecule has 1 fully saturated rings. The van der Waals surface area contributed by atoms with Crippen LogP contribution in [-0.4, -0.2) is 45.4 Å². The molecule has 6 nitrogen and oxygen atoms in total. The van der Waals surface area contributed by atoms with Crippen LogP contribution in [0.3, 0.4) is 0 Å². The first kappa shape index (κ1) is 21.8. The summed E-state index contributed by atoms with van der Waals surface area (Å²) in [6.45, 7) is 5.23. The Morgan fingerprint density at radius 3 is 2.58 bits per heavy atom. The molecule has 0 radical (unpaired) electrons. The van der Waals surface area contributed by atoms with Crippen molar-refractivity contribution in [3.8, 4) is 5.75 Å². The van der Waals surface area contributed by atoms with E-state index in [-0.39, 0.29) is 18.4 Å². The third kappa shape index (κ3) is 4.21. The largest absolute Gasteiger partial charge is 0.497 e. The molecule has 0 aromatic heterocycles. The first-order chi connectivity index (χ1) is 14.8. The maximum absolute atomic E-state index is 13.5. The van der Waals surface area contributed by atoms with E-state index in [4.69, 9.17) is 4.74 Å². The summed E-state index contributed by atoms with van der Waals surface area (Å²) in [6, 6.07) is 11.0. The number of benzene rings is 2. The zero-order chi connectivity index (χ0) is 22.2. The van der Waals surface area contributed by atoms with Crippen LogP contribution >= 0.6 is 0 Å². The number of hydrogen-bond acceptors (Lipinski definition) is 4. The van der Waals surface area contributed by atoms with Crippen molar-refractivity contribution in [1.82, 2.24) is 4.31 Å². The Balaban J connectivity index is 1.55. The summed E-state index contributed by atoms with van der Waals surface area (Å²) in [4.78, 5) is 15.6. The summed E-state index contributed by atoms with van der Waals surface area (Å²) < 4.78 is 33.3. The summed E-state index contributed by atoms with van der Waals surface area (Å²) in [6.07, 6.45) is 3.20. The lowest BCUT2D eigenvalue weighted by molar-refractivity contribution is -0.123. The predicted octanol–water partition coefficient (Wildman–Crippen LogP) is 3.69. The number of rotatable bonds is 4. The Bertz CT molecular complexity index is 1100. The number of hydrogen-bond donors (Lipinski definition) is 0. The van der Waals surface area contributed by atoms with Gasteiger partial charge in [0.15, 0.2) is 0 Å². The number of anilines is 1. The lowest BCUT2D eigenvalue weighted by Gasteiger charge is -2.36. The lowest BCUT2D eigenvalue weighted by atomic mass is 9.95. The van der Waals surface area contributed by atoms with Crippen LogP contribution in [0.25, 0.3) is 0 Å². The van der Waals surface area contributed by atoms with Gasteiger partial charge in [-0.15, -0.1) is 0 Å². The van der Waals surface area contributed by atoms with E-state index >= 15 is 0 Å². The highest BCUT2D eigenvalue weighted by Crippen LogP contribution is 2.33. The summed E-state index contributed by atoms with van der Waals surface area (Å²) in [5.74, 6) is 0.477. The highest BCUT2D eigenvalue weighted by Gasteiger charge is 2.36. The van der Waals surface area contributed by atoms with Gasteiger partial charge in [0, 0.05) is 25.3 Å². The SMILES string of the molecule is COc1ccc2c(c1)CCCN2C(=O)C1CCCN(S(=O)(=O)c2ccc(C)c(C)c2)C1. The van der Waals surface area contributed by atoms with Crippen molar-refractivity contribution >= 4 is 21.6 Å². The van der Waals surface area contributed by atoms with Crippen molar-refractivity contribution < 1.29 is 17.9 Å². The number of methoxy groups -OCH3 is 1. The van der Waals surface area contributed by atoms with Crippen LogP contribution in [0, 0.1) is 19.8 Å². The molecule has 166 valence electrons. The number of fused-ring (bicyclic) bond motifs is 1. The Morgan fingerprint density at radius 1 is 1.03 bits per heavy atom. The molecule has 2 aromatic carbocycles. The summed E-state index contributed by atoms with van der Waals surface area (Å²) in [7, 11) is -1.98. The van der Waals surface area contributed by atoms with Gasteiger partial charge >= 0.3 is 0 Å². The van der Waals surface area contributed by atoms with Gasteiger partial charge in [-0.25, -0.2) is 8.42 Å². The van der Waals surface area contributed by atoms with Crippen LogP contribution in [0.4, 0.5) is 5.69 Å². The zero-order valence-electron chi connectivity index (χ0n) is 18.4. The summed E-state index contributed by atoms with van der Waals surface area (Å²) in [5, 5.41) is 0. The molecule has 1 unspecified atom stereocenters. The standard InChI is InChI=1S/C24H30N2O4S/c1-17-8-10-22(14-18(17)2)31(28,29)25-12-4-7-20(16-25)24(27)26-13-5-6-19-15-21(30-3)9-11-23(19)26/h8-11,14-15,20H,4-7,12-13,16H2,1-3H3. The Hall–Kier alpha value is -2.38. The maximum Gasteiger partial charge on any atom is 0.243 e. The second-order valence-corrected chi connectivity index (χ2v) is 10.5. The van der Waals surface area contributed by atoms with Crippen LogP contribution in [0.15, 0.2) is 41.3 Å². The summed E-state index contributed by atoms with van der Waals surface area (Å²) in [5.41, 5.74) is 4.04. The molecular weight excluding hydrogens is 412 g/mol. The molecule has 1 atom stereocenters. The fraction of sp³-hybridized carbons (Fsp3) is 0.458. The van der Waals surface area contributed by atoms with E-state index < -0.39 is 10.0 Å². The minimum atomic E-state index is -3.62. The van der Waals surface area contributed by atoms with E-state index in [1.165, 1.54) is 4.31 Å². The van der Waals surface area contributed by atoms with Gasteiger partial charge in [-0.05, 0) is 86.6 Å². The van der Waals surface area contributed by atoms with E-state index in [2.05, 4.69) is 0 Å². The summed E-state index contributed by atoms with van der Waals surface area (Å²) >= 11 is 0. The van der Waals surface area contributed by atoms with Gasteiger partial charge in [-0.3, -0.25) is 4.79 Å². The first-order valence-electron chi connectivity index (χ1n) is 10.9. The Morgan fingerprint density at radius 2 is 1.84 bits per heavy atom. The quantitative estimate of drug-likeness (QED) is 0.724. The molecule has 7 heteroatoms. The molecule has 0 spiro atoms. The van der Waals surface area contributed by atoms with Gasteiger partial charge < -0.3 is 9.64 Å². The average molecular weight is 443 g/mol. The highest BCUT2D eigenvalue weighted by atomic mass is 32.2. The van der Waals surface area contributed by atoms with Gasteiger partial charge in [0.1, 0.15) is 5.75 Å². The molecule has 0 saturated carbocycles. The molecule has 2 heterocycles. The van der Waals surface area contributed by atoms with Gasteiger partial charge in [0.05, 0.1) is 17.9 Å². The third-order valence-electron chi connectivity index (χ3n) is 6.52. The topological polar surface area (TPSA) is 66.9 Å². The minimum absolute atomic E-state index is 0.0195. The molecule has 0 bridgehead atoms. The van der Waals surface area contributed by atoms with Crippen LogP contribution in [0.5, 0.6) is 5.75 Å². The molecule has 4 rings (SSSR count). The lowest BCUT2D eigenvalue weighted by Crippen LogP contribution is -2.48. The molecule has 31 heavy (non-hydrogen) atoms. The smallest absolute Gasteiger partial charge is 0.243 e. The highest BCUT2D eigenvalue weighted by molar-refractivity contribution is 7.89. The van der Waals surface area contributed by atoms with Crippen LogP contribution < -0.4 is 9.64 Å². The number of piperidine rings is 1. The van der Waals surface area contributed by atoms with E-state index in [1.54, 1.807) is 19.2 Å². The van der Waals surface area contributed by atoms with Crippen molar-refractivity contribution in [2.45, 2.75) is 44.4 Å². The Labute approximate surface area is 184 Å². The predicted molar refractivity (Wildman–Crippen MR) is 121 cm³/mol. The number of ether oxygens (including phenoxy) is 1. The minimum Gasteiger partial charge on any atom is -0.497 e. The average Bonchev–Trinajstić information content (AvgIpc) is 2.79. The number of nitrogens with zero attached hydrogens (tertiary/aromatic N) is 2. The fourth-order valence-electron chi connectivity index (χ4n) is 4.54. The third-order valence-corrected chi connectivity index (χ3v) is 8.38. The van der Waals surface area contributed by atoms with Crippen LogP contribution in [-0.2, 0) is 21.2 Å². The zero-order valence-corrected chi connectivity index (χ0v) is 19.2. The molecule has 1 amide bonds. The fourth-order valence-corrected chi connectivity index (χ4v) is 6.15. The number of aryl methyl sites for hydroxylation is 3. The number of carbonyl (C=O) groups excluding carboxylic acids is 1. The molecule has 2 aliphatic rings. The maximum atomic E-state index is 13.5. The number of sulfonamides is 1. The van der Waals surface area contributed by atoms with Crippen molar-refractivity contribution in [1.29, 1.82) is 0 Å². The van der Waals surface area contributed by atoms with Crippen LogP contribution in [0.1, 0.15) is 36.0 Å². The van der Waals surface area contributed by atoms with Crippen molar-refractivity contribution in [3.63, 3.8) is 0 Å². The van der Waals surface area contributed by atoms with Crippen molar-refractivity contribution in [2.75, 3.05) is 31.6 Å². The molecule has 1 saturated heterocycles. The van der Waals surface area contributed by atoms with Crippen molar-refractivity contribution in [3.05, 3.63) is 53.1 Å². The van der Waals surface area contributed by atoms with E-state index in [9.17, 15) is 13.2 Å². The molecule has 2 aliphatic heterocycles. The first-order valence-corrected chi connectivity index (χ1v) is 12.3. The van der Waals surface area contributed by atoms with Gasteiger partial charge in [0.2, 0.25) is 15.9 Å². The van der Waals surface area contributed by atoms with Gasteiger partial charge in [-0.1, -0.05) is 6.07 Å².